The van der Waals surface area contributed by atoms with Gasteiger partial charge in [-0.05, 0) is 30.3 Å². The van der Waals surface area contributed by atoms with Gasteiger partial charge >= 0.3 is 0 Å². The summed E-state index contributed by atoms with van der Waals surface area (Å²) < 4.78 is 12.9. The third-order valence-corrected chi connectivity index (χ3v) is 2.87. The molecule has 0 spiro atoms. The number of aromatic nitrogens is 1. The first-order chi connectivity index (χ1) is 9.22. The van der Waals surface area contributed by atoms with Crippen LogP contribution in [0, 0.1) is 5.82 Å². The Labute approximate surface area is 108 Å². The van der Waals surface area contributed by atoms with Gasteiger partial charge in [-0.3, -0.25) is 4.79 Å². The van der Waals surface area contributed by atoms with E-state index in [0.717, 1.165) is 16.6 Å². The highest BCUT2D eigenvalue weighted by Gasteiger charge is 2.03. The molecule has 94 valence electrons. The largest absolute Gasteiger partial charge is 0.355 e. The molecular formula is C15H11FN2O. The van der Waals surface area contributed by atoms with E-state index in [1.165, 1.54) is 18.2 Å². The lowest BCUT2D eigenvalue weighted by atomic mass is 10.2. The fourth-order valence-corrected chi connectivity index (χ4v) is 2.00. The number of halogens is 1. The van der Waals surface area contributed by atoms with Crippen LogP contribution in [0.25, 0.3) is 10.9 Å². The first-order valence-corrected chi connectivity index (χ1v) is 5.87. The number of pyridine rings is 1. The molecule has 1 heterocycles. The van der Waals surface area contributed by atoms with Crippen molar-refractivity contribution in [3.05, 3.63) is 70.8 Å². The Hall–Kier alpha value is -2.62. The molecule has 3 rings (SSSR count). The monoisotopic (exact) mass is 254 g/mol. The van der Waals surface area contributed by atoms with Gasteiger partial charge in [-0.2, -0.15) is 0 Å². The highest BCUT2D eigenvalue weighted by molar-refractivity contribution is 5.92. The predicted molar refractivity (Wildman–Crippen MR) is 74.3 cm³/mol. The van der Waals surface area contributed by atoms with Gasteiger partial charge in [0, 0.05) is 17.1 Å². The number of benzene rings is 2. The molecule has 0 radical (unpaired) electrons. The van der Waals surface area contributed by atoms with E-state index in [1.54, 1.807) is 12.1 Å². The summed E-state index contributed by atoms with van der Waals surface area (Å²) in [5.41, 5.74) is 2.02. The summed E-state index contributed by atoms with van der Waals surface area (Å²) in [6.07, 6.45) is 0. The molecule has 0 saturated heterocycles. The zero-order valence-electron chi connectivity index (χ0n) is 9.98. The minimum absolute atomic E-state index is 0.177. The van der Waals surface area contributed by atoms with Gasteiger partial charge in [0.1, 0.15) is 5.82 Å². The van der Waals surface area contributed by atoms with Crippen molar-refractivity contribution in [2.75, 3.05) is 5.32 Å². The second-order valence-corrected chi connectivity index (χ2v) is 4.22. The van der Waals surface area contributed by atoms with E-state index in [4.69, 9.17) is 0 Å². The van der Waals surface area contributed by atoms with Crippen LogP contribution in [0.1, 0.15) is 0 Å². The molecule has 0 amide bonds. The van der Waals surface area contributed by atoms with Crippen LogP contribution in [0.3, 0.4) is 0 Å². The summed E-state index contributed by atoms with van der Waals surface area (Å²) in [5, 5.41) is 4.04. The minimum Gasteiger partial charge on any atom is -0.355 e. The molecule has 0 saturated carbocycles. The molecule has 0 unspecified atom stereocenters. The van der Waals surface area contributed by atoms with E-state index in [0.29, 0.717) is 5.69 Å². The molecule has 0 aliphatic carbocycles. The molecule has 0 atom stereocenters. The van der Waals surface area contributed by atoms with Gasteiger partial charge < -0.3 is 10.3 Å². The molecule has 1 aromatic heterocycles. The first kappa shape index (κ1) is 11.5. The average molecular weight is 254 g/mol. The minimum atomic E-state index is -0.290. The van der Waals surface area contributed by atoms with Crippen molar-refractivity contribution in [2.24, 2.45) is 0 Å². The van der Waals surface area contributed by atoms with Gasteiger partial charge in [0.2, 0.25) is 5.56 Å². The second kappa shape index (κ2) is 4.57. The van der Waals surface area contributed by atoms with E-state index in [9.17, 15) is 9.18 Å². The van der Waals surface area contributed by atoms with E-state index < -0.39 is 0 Å². The third-order valence-electron chi connectivity index (χ3n) is 2.87. The van der Waals surface area contributed by atoms with Crippen molar-refractivity contribution in [2.45, 2.75) is 0 Å². The quantitative estimate of drug-likeness (QED) is 0.736. The summed E-state index contributed by atoms with van der Waals surface area (Å²) in [5.74, 6) is -0.290. The number of hydrogen-bond acceptors (Lipinski definition) is 2. The highest BCUT2D eigenvalue weighted by Crippen LogP contribution is 2.23. The van der Waals surface area contributed by atoms with E-state index in [2.05, 4.69) is 10.3 Å². The SMILES string of the molecule is O=c1cc(Nc2ccc(F)cc2)c2ccccc2[nH]1. The van der Waals surface area contributed by atoms with Gasteiger partial charge in [-0.15, -0.1) is 0 Å². The van der Waals surface area contributed by atoms with Gasteiger partial charge in [-0.25, -0.2) is 4.39 Å². The number of H-pyrrole nitrogens is 1. The fraction of sp³-hybridized carbons (Fsp3) is 0. The zero-order valence-corrected chi connectivity index (χ0v) is 9.98. The standard InChI is InChI=1S/C15H11FN2O/c16-10-5-7-11(8-6-10)17-14-9-15(19)18-13-4-2-1-3-12(13)14/h1-9H,(H2,17,18,19). The predicted octanol–water partition coefficient (Wildman–Crippen LogP) is 3.41. The van der Waals surface area contributed by atoms with Crippen LogP contribution < -0.4 is 10.9 Å². The molecule has 0 bridgehead atoms. The molecule has 19 heavy (non-hydrogen) atoms. The van der Waals surface area contributed by atoms with Crippen LogP contribution in [0.2, 0.25) is 0 Å². The van der Waals surface area contributed by atoms with E-state index in [1.807, 2.05) is 24.3 Å². The number of para-hydroxylation sites is 1. The maximum absolute atomic E-state index is 12.9. The molecule has 0 fully saturated rings. The number of fused-ring (bicyclic) bond motifs is 1. The molecule has 3 nitrogen and oxygen atoms in total. The maximum atomic E-state index is 12.9. The van der Waals surface area contributed by atoms with Crippen molar-refractivity contribution < 1.29 is 4.39 Å². The smallest absolute Gasteiger partial charge is 0.250 e. The van der Waals surface area contributed by atoms with Crippen molar-refractivity contribution in [3.63, 3.8) is 0 Å². The lowest BCUT2D eigenvalue weighted by Crippen LogP contribution is -2.06. The third kappa shape index (κ3) is 2.33. The van der Waals surface area contributed by atoms with Gasteiger partial charge in [0.25, 0.3) is 0 Å². The lowest BCUT2D eigenvalue weighted by Gasteiger charge is -2.09. The summed E-state index contributed by atoms with van der Waals surface area (Å²) in [6, 6.07) is 15.0. The summed E-state index contributed by atoms with van der Waals surface area (Å²) >= 11 is 0. The zero-order chi connectivity index (χ0) is 13.2. The van der Waals surface area contributed by atoms with Crippen LogP contribution in [-0.4, -0.2) is 4.98 Å². The summed E-state index contributed by atoms with van der Waals surface area (Å²) in [4.78, 5) is 14.4. The number of anilines is 2. The average Bonchev–Trinajstić information content (AvgIpc) is 2.41. The first-order valence-electron chi connectivity index (χ1n) is 5.87. The van der Waals surface area contributed by atoms with E-state index >= 15 is 0 Å². The second-order valence-electron chi connectivity index (χ2n) is 4.22. The Morgan fingerprint density at radius 3 is 2.53 bits per heavy atom. The molecule has 2 aromatic carbocycles. The Morgan fingerprint density at radius 2 is 1.74 bits per heavy atom. The maximum Gasteiger partial charge on any atom is 0.250 e. The summed E-state index contributed by atoms with van der Waals surface area (Å²) in [6.45, 7) is 0. The van der Waals surface area contributed by atoms with E-state index in [-0.39, 0.29) is 11.4 Å². The van der Waals surface area contributed by atoms with Crippen molar-refractivity contribution in [1.29, 1.82) is 0 Å². The van der Waals surface area contributed by atoms with Gasteiger partial charge in [0.05, 0.1) is 11.2 Å². The number of aromatic amines is 1. The number of hydrogen-bond donors (Lipinski definition) is 2. The van der Waals surface area contributed by atoms with Crippen molar-refractivity contribution >= 4 is 22.3 Å². The number of rotatable bonds is 2. The molecule has 4 heteroatoms. The molecule has 0 aliphatic rings. The highest BCUT2D eigenvalue weighted by atomic mass is 19.1. The van der Waals surface area contributed by atoms with Gasteiger partial charge in [-0.1, -0.05) is 18.2 Å². The summed E-state index contributed by atoms with van der Waals surface area (Å²) in [7, 11) is 0. The number of nitrogens with one attached hydrogen (secondary N) is 2. The lowest BCUT2D eigenvalue weighted by molar-refractivity contribution is 0.628. The van der Waals surface area contributed by atoms with Crippen LogP contribution in [0.5, 0.6) is 0 Å². The van der Waals surface area contributed by atoms with Crippen molar-refractivity contribution in [1.82, 2.24) is 4.98 Å². The fourth-order valence-electron chi connectivity index (χ4n) is 2.00. The van der Waals surface area contributed by atoms with Crippen LogP contribution in [-0.2, 0) is 0 Å². The molecule has 2 N–H and O–H groups in total. The Bertz CT molecular complexity index is 778. The van der Waals surface area contributed by atoms with Gasteiger partial charge in [0.15, 0.2) is 0 Å². The normalized spacial score (nSPS) is 10.6. The Morgan fingerprint density at radius 1 is 1.00 bits per heavy atom. The topological polar surface area (TPSA) is 44.9 Å². The van der Waals surface area contributed by atoms with Crippen molar-refractivity contribution in [3.8, 4) is 0 Å². The molecule has 0 aliphatic heterocycles. The van der Waals surface area contributed by atoms with Crippen LogP contribution in [0.4, 0.5) is 15.8 Å². The van der Waals surface area contributed by atoms with Crippen LogP contribution >= 0.6 is 0 Å². The van der Waals surface area contributed by atoms with Crippen LogP contribution in [0.15, 0.2) is 59.4 Å². The molecule has 3 aromatic rings. The molecular weight excluding hydrogens is 243 g/mol. The Balaban J connectivity index is 2.09. The Kier molecular flexibility index (Phi) is 2.76.